The first-order chi connectivity index (χ1) is 6.29. The molecule has 78 valence electrons. The molecule has 0 spiro atoms. The molecule has 3 N–H and O–H groups in total. The Bertz CT molecular complexity index is 115. The maximum absolute atomic E-state index is 5.72. The number of hydrogen-bond acceptors (Lipinski definition) is 2. The van der Waals surface area contributed by atoms with Gasteiger partial charge in [-0.2, -0.15) is 0 Å². The van der Waals surface area contributed by atoms with Gasteiger partial charge in [-0.05, 0) is 19.8 Å². The van der Waals surface area contributed by atoms with Gasteiger partial charge in [0.25, 0.3) is 0 Å². The molecule has 0 saturated heterocycles. The zero-order valence-corrected chi connectivity index (χ0v) is 8.89. The normalized spacial score (nSPS) is 23.5. The van der Waals surface area contributed by atoms with Crippen LogP contribution in [0, 0.1) is 0 Å². The summed E-state index contributed by atoms with van der Waals surface area (Å²) in [6.07, 6.45) is 9.80. The van der Waals surface area contributed by atoms with Crippen LogP contribution in [0.4, 0.5) is 0 Å². The van der Waals surface area contributed by atoms with Crippen molar-refractivity contribution in [2.45, 2.75) is 64.0 Å². The van der Waals surface area contributed by atoms with Crippen molar-refractivity contribution in [3.8, 4) is 0 Å². The fourth-order valence-corrected chi connectivity index (χ4v) is 2.01. The topological polar surface area (TPSA) is 38.0 Å². The van der Waals surface area contributed by atoms with Gasteiger partial charge in [-0.25, -0.2) is 0 Å². The molecule has 1 fully saturated rings. The lowest BCUT2D eigenvalue weighted by Gasteiger charge is -2.21. The van der Waals surface area contributed by atoms with Crippen LogP contribution < -0.4 is 11.1 Å². The van der Waals surface area contributed by atoms with Crippen molar-refractivity contribution in [3.05, 3.63) is 0 Å². The van der Waals surface area contributed by atoms with E-state index >= 15 is 0 Å². The van der Waals surface area contributed by atoms with Gasteiger partial charge in [-0.1, -0.05) is 32.1 Å². The molecule has 0 aromatic rings. The van der Waals surface area contributed by atoms with Gasteiger partial charge >= 0.3 is 0 Å². The lowest BCUT2D eigenvalue weighted by atomic mass is 9.96. The van der Waals surface area contributed by atoms with Gasteiger partial charge in [0.05, 0.1) is 0 Å². The van der Waals surface area contributed by atoms with Crippen LogP contribution in [0.2, 0.25) is 0 Å². The molecule has 1 rings (SSSR count). The Kier molecular flexibility index (Phi) is 5.40. The Morgan fingerprint density at radius 1 is 1.15 bits per heavy atom. The predicted octanol–water partition coefficient (Wildman–Crippen LogP) is 2.04. The van der Waals surface area contributed by atoms with Crippen molar-refractivity contribution in [3.63, 3.8) is 0 Å². The number of hydrogen-bond donors (Lipinski definition) is 2. The predicted molar refractivity (Wildman–Crippen MR) is 57.8 cm³/mol. The zero-order valence-electron chi connectivity index (χ0n) is 8.89. The molecule has 1 aliphatic rings. The van der Waals surface area contributed by atoms with Gasteiger partial charge in [-0.15, -0.1) is 0 Å². The van der Waals surface area contributed by atoms with E-state index < -0.39 is 0 Å². The molecule has 0 bridgehead atoms. The van der Waals surface area contributed by atoms with Crippen LogP contribution in [0.25, 0.3) is 0 Å². The Morgan fingerprint density at radius 3 is 2.23 bits per heavy atom. The molecule has 0 amide bonds. The van der Waals surface area contributed by atoms with Crippen molar-refractivity contribution in [2.24, 2.45) is 5.73 Å². The smallest absolute Gasteiger partial charge is 0.0136 e. The highest BCUT2D eigenvalue weighted by atomic mass is 14.9. The highest BCUT2D eigenvalue weighted by molar-refractivity contribution is 4.71. The van der Waals surface area contributed by atoms with Gasteiger partial charge in [0, 0.05) is 18.6 Å². The molecule has 1 aliphatic carbocycles. The van der Waals surface area contributed by atoms with Crippen LogP contribution in [0.1, 0.15) is 51.9 Å². The molecular formula is C11H24N2. The summed E-state index contributed by atoms with van der Waals surface area (Å²) in [5, 5.41) is 3.56. The van der Waals surface area contributed by atoms with E-state index in [1.54, 1.807) is 0 Å². The summed E-state index contributed by atoms with van der Waals surface area (Å²) in [6.45, 7) is 3.04. The average molecular weight is 184 g/mol. The highest BCUT2D eigenvalue weighted by Crippen LogP contribution is 2.16. The molecule has 0 aliphatic heterocycles. The molecule has 0 aromatic carbocycles. The third kappa shape index (κ3) is 5.27. The summed E-state index contributed by atoms with van der Waals surface area (Å²) in [5.74, 6) is 0. The fraction of sp³-hybridized carbons (Fsp3) is 1.00. The Labute approximate surface area is 82.3 Å². The van der Waals surface area contributed by atoms with Crippen LogP contribution in [-0.4, -0.2) is 18.6 Å². The van der Waals surface area contributed by atoms with E-state index in [-0.39, 0.29) is 0 Å². The van der Waals surface area contributed by atoms with Crippen molar-refractivity contribution in [1.29, 1.82) is 0 Å². The summed E-state index contributed by atoms with van der Waals surface area (Å²) in [6, 6.07) is 1.04. The van der Waals surface area contributed by atoms with Gasteiger partial charge < -0.3 is 11.1 Å². The minimum absolute atomic E-state index is 0.297. The van der Waals surface area contributed by atoms with Crippen LogP contribution in [0.15, 0.2) is 0 Å². The lowest BCUT2D eigenvalue weighted by molar-refractivity contribution is 0.383. The molecule has 1 unspecified atom stereocenters. The summed E-state index contributed by atoms with van der Waals surface area (Å²) in [7, 11) is 0. The first-order valence-electron chi connectivity index (χ1n) is 5.78. The lowest BCUT2D eigenvalue weighted by Crippen LogP contribution is -2.38. The summed E-state index contributed by atoms with van der Waals surface area (Å²) in [4.78, 5) is 0. The van der Waals surface area contributed by atoms with E-state index in [1.807, 2.05) is 0 Å². The fourth-order valence-electron chi connectivity index (χ4n) is 2.01. The number of nitrogens with one attached hydrogen (secondary N) is 1. The SMILES string of the molecule is CC(N)CNC1CCCCCCC1. The monoisotopic (exact) mass is 184 g/mol. The largest absolute Gasteiger partial charge is 0.327 e. The Balaban J connectivity index is 2.14. The maximum Gasteiger partial charge on any atom is 0.0136 e. The summed E-state index contributed by atoms with van der Waals surface area (Å²) < 4.78 is 0. The second-order valence-electron chi connectivity index (χ2n) is 4.43. The second kappa shape index (κ2) is 6.39. The molecule has 13 heavy (non-hydrogen) atoms. The average Bonchev–Trinajstić information content (AvgIpc) is 2.01. The zero-order chi connectivity index (χ0) is 9.52. The van der Waals surface area contributed by atoms with E-state index in [2.05, 4.69) is 12.2 Å². The van der Waals surface area contributed by atoms with Gasteiger partial charge in [0.1, 0.15) is 0 Å². The maximum atomic E-state index is 5.72. The molecular weight excluding hydrogens is 160 g/mol. The van der Waals surface area contributed by atoms with Gasteiger partial charge in [0.15, 0.2) is 0 Å². The molecule has 1 atom stereocenters. The molecule has 2 heteroatoms. The summed E-state index contributed by atoms with van der Waals surface area (Å²) >= 11 is 0. The molecule has 0 radical (unpaired) electrons. The minimum atomic E-state index is 0.297. The standard InChI is InChI=1S/C11H24N2/c1-10(12)9-13-11-7-5-3-2-4-6-8-11/h10-11,13H,2-9,12H2,1H3. The highest BCUT2D eigenvalue weighted by Gasteiger charge is 2.10. The van der Waals surface area contributed by atoms with Gasteiger partial charge in [0.2, 0.25) is 0 Å². The van der Waals surface area contributed by atoms with Crippen molar-refractivity contribution in [2.75, 3.05) is 6.54 Å². The Morgan fingerprint density at radius 2 is 1.69 bits per heavy atom. The van der Waals surface area contributed by atoms with E-state index in [1.165, 1.54) is 44.9 Å². The van der Waals surface area contributed by atoms with E-state index in [0.717, 1.165) is 12.6 Å². The van der Waals surface area contributed by atoms with Crippen LogP contribution in [0.3, 0.4) is 0 Å². The minimum Gasteiger partial charge on any atom is -0.327 e. The second-order valence-corrected chi connectivity index (χ2v) is 4.43. The molecule has 2 nitrogen and oxygen atoms in total. The van der Waals surface area contributed by atoms with Crippen molar-refractivity contribution < 1.29 is 0 Å². The van der Waals surface area contributed by atoms with E-state index in [4.69, 9.17) is 5.73 Å². The third-order valence-corrected chi connectivity index (χ3v) is 2.83. The first-order valence-corrected chi connectivity index (χ1v) is 5.78. The number of nitrogens with two attached hydrogens (primary N) is 1. The van der Waals surface area contributed by atoms with E-state index in [0.29, 0.717) is 6.04 Å². The van der Waals surface area contributed by atoms with Crippen molar-refractivity contribution >= 4 is 0 Å². The van der Waals surface area contributed by atoms with Crippen LogP contribution >= 0.6 is 0 Å². The van der Waals surface area contributed by atoms with Crippen LogP contribution in [0.5, 0.6) is 0 Å². The Hall–Kier alpha value is -0.0800. The third-order valence-electron chi connectivity index (χ3n) is 2.83. The van der Waals surface area contributed by atoms with E-state index in [9.17, 15) is 0 Å². The first kappa shape index (κ1) is 11.0. The van der Waals surface area contributed by atoms with Gasteiger partial charge in [-0.3, -0.25) is 0 Å². The molecule has 0 heterocycles. The number of rotatable bonds is 3. The summed E-state index contributed by atoms with van der Waals surface area (Å²) in [5.41, 5.74) is 5.72. The van der Waals surface area contributed by atoms with Crippen LogP contribution in [-0.2, 0) is 0 Å². The van der Waals surface area contributed by atoms with Crippen molar-refractivity contribution in [1.82, 2.24) is 5.32 Å². The molecule has 1 saturated carbocycles. The quantitative estimate of drug-likeness (QED) is 0.704. The molecule has 0 aromatic heterocycles.